The van der Waals surface area contributed by atoms with E-state index >= 15 is 0 Å². The Hall–Kier alpha value is -2.83. The molecule has 1 N–H and O–H groups in total. The third-order valence-electron chi connectivity index (χ3n) is 6.00. The molecular weight excluding hydrogens is 459 g/mol. The molecule has 1 fully saturated rings. The highest BCUT2D eigenvalue weighted by Gasteiger charge is 2.22. The van der Waals surface area contributed by atoms with Crippen molar-refractivity contribution in [3.8, 4) is 5.69 Å². The van der Waals surface area contributed by atoms with Gasteiger partial charge in [0.1, 0.15) is 0 Å². The summed E-state index contributed by atoms with van der Waals surface area (Å²) >= 11 is 12.2. The Labute approximate surface area is 203 Å². The Morgan fingerprint density at radius 3 is 2.45 bits per heavy atom. The lowest BCUT2D eigenvalue weighted by atomic mass is 10.1. The number of rotatable bonds is 5. The molecule has 33 heavy (non-hydrogen) atoms. The average Bonchev–Trinajstić information content (AvgIpc) is 3.09. The molecule has 8 heteroatoms. The van der Waals surface area contributed by atoms with Crippen LogP contribution in [0.3, 0.4) is 0 Å². The average molecular weight is 485 g/mol. The number of piperidine rings is 1. The number of aryl methyl sites for hydroxylation is 1. The van der Waals surface area contributed by atoms with Crippen LogP contribution in [-0.2, 0) is 11.2 Å². The summed E-state index contributed by atoms with van der Waals surface area (Å²) < 4.78 is 1.76. The molecule has 172 valence electrons. The third kappa shape index (κ3) is 5.07. The van der Waals surface area contributed by atoms with Gasteiger partial charge in [-0.15, -0.1) is 0 Å². The van der Waals surface area contributed by atoms with Crippen molar-refractivity contribution >= 4 is 40.7 Å². The number of hydrogen-bond acceptors (Lipinski definition) is 3. The topological polar surface area (TPSA) is 67.2 Å². The van der Waals surface area contributed by atoms with Gasteiger partial charge >= 0.3 is 0 Å². The van der Waals surface area contributed by atoms with Gasteiger partial charge in [-0.05, 0) is 63.4 Å². The molecule has 6 nitrogen and oxygen atoms in total. The number of likely N-dealkylation sites (tertiary alicyclic amines) is 1. The van der Waals surface area contributed by atoms with Crippen molar-refractivity contribution in [3.63, 3.8) is 0 Å². The number of carbonyl (C=O) groups excluding carboxylic acids is 2. The van der Waals surface area contributed by atoms with E-state index in [4.69, 9.17) is 23.2 Å². The molecule has 0 bridgehead atoms. The molecule has 2 amide bonds. The second kappa shape index (κ2) is 9.98. The predicted molar refractivity (Wildman–Crippen MR) is 132 cm³/mol. The Morgan fingerprint density at radius 1 is 1.00 bits per heavy atom. The van der Waals surface area contributed by atoms with E-state index in [2.05, 4.69) is 10.4 Å². The third-order valence-corrected chi connectivity index (χ3v) is 6.74. The number of carbonyl (C=O) groups is 2. The van der Waals surface area contributed by atoms with E-state index in [1.807, 2.05) is 36.9 Å². The van der Waals surface area contributed by atoms with Crippen molar-refractivity contribution < 1.29 is 9.59 Å². The predicted octanol–water partition coefficient (Wildman–Crippen LogP) is 5.60. The Balaban J connectivity index is 1.53. The molecular formula is C25H26Cl2N4O2. The number of para-hydroxylation sites is 1. The first kappa shape index (κ1) is 23.3. The van der Waals surface area contributed by atoms with E-state index in [1.54, 1.807) is 28.9 Å². The van der Waals surface area contributed by atoms with Crippen molar-refractivity contribution in [3.05, 3.63) is 75.0 Å². The summed E-state index contributed by atoms with van der Waals surface area (Å²) in [5.41, 5.74) is 4.26. The van der Waals surface area contributed by atoms with Crippen LogP contribution >= 0.6 is 23.2 Å². The van der Waals surface area contributed by atoms with Gasteiger partial charge in [0.15, 0.2) is 0 Å². The highest BCUT2D eigenvalue weighted by Crippen LogP contribution is 2.27. The molecule has 0 atom stereocenters. The van der Waals surface area contributed by atoms with Gasteiger partial charge in [0.25, 0.3) is 5.91 Å². The number of hydrogen-bond donors (Lipinski definition) is 1. The number of amides is 2. The number of benzene rings is 2. The van der Waals surface area contributed by atoms with Crippen LogP contribution in [0.15, 0.2) is 42.5 Å². The minimum atomic E-state index is -0.200. The number of aromatic nitrogens is 2. The van der Waals surface area contributed by atoms with E-state index in [9.17, 15) is 9.59 Å². The maximum absolute atomic E-state index is 13.0. The SMILES string of the molecule is Cc1nn(-c2ccc(Cl)c(Cl)c2)c(C)c1CC(=O)Nc1ccccc1C(=O)N1CCCCC1. The molecule has 4 rings (SSSR count). The Morgan fingerprint density at radius 2 is 1.73 bits per heavy atom. The van der Waals surface area contributed by atoms with Crippen LogP contribution in [0, 0.1) is 13.8 Å². The van der Waals surface area contributed by atoms with Crippen LogP contribution in [-0.4, -0.2) is 39.6 Å². The van der Waals surface area contributed by atoms with Crippen molar-refractivity contribution in [2.24, 2.45) is 0 Å². The van der Waals surface area contributed by atoms with Crippen LogP contribution < -0.4 is 5.32 Å². The zero-order chi connectivity index (χ0) is 23.5. The second-order valence-corrected chi connectivity index (χ2v) is 9.10. The van der Waals surface area contributed by atoms with Crippen molar-refractivity contribution in [2.45, 2.75) is 39.5 Å². The summed E-state index contributed by atoms with van der Waals surface area (Å²) in [4.78, 5) is 27.9. The fraction of sp³-hybridized carbons (Fsp3) is 0.320. The second-order valence-electron chi connectivity index (χ2n) is 8.28. The molecule has 1 aliphatic rings. The Bertz CT molecular complexity index is 1200. The van der Waals surface area contributed by atoms with Crippen LogP contribution in [0.1, 0.15) is 46.6 Å². The van der Waals surface area contributed by atoms with Gasteiger partial charge < -0.3 is 10.2 Å². The maximum atomic E-state index is 13.0. The minimum absolute atomic E-state index is 0.0367. The molecule has 0 spiro atoms. The molecule has 2 heterocycles. The summed E-state index contributed by atoms with van der Waals surface area (Å²) in [5, 5.41) is 8.44. The van der Waals surface area contributed by atoms with E-state index in [1.165, 1.54) is 0 Å². The number of halogens is 2. The molecule has 3 aromatic rings. The maximum Gasteiger partial charge on any atom is 0.255 e. The highest BCUT2D eigenvalue weighted by atomic mass is 35.5. The molecule has 1 aromatic heterocycles. The van der Waals surface area contributed by atoms with Crippen LogP contribution in [0.25, 0.3) is 5.69 Å². The fourth-order valence-corrected chi connectivity index (χ4v) is 4.49. The number of nitrogens with one attached hydrogen (secondary N) is 1. The quantitative estimate of drug-likeness (QED) is 0.512. The van der Waals surface area contributed by atoms with Crippen LogP contribution in [0.5, 0.6) is 0 Å². The minimum Gasteiger partial charge on any atom is -0.339 e. The summed E-state index contributed by atoms with van der Waals surface area (Å²) in [6.07, 6.45) is 3.32. The van der Waals surface area contributed by atoms with Gasteiger partial charge in [-0.1, -0.05) is 35.3 Å². The van der Waals surface area contributed by atoms with Crippen molar-refractivity contribution in [1.82, 2.24) is 14.7 Å². The molecule has 0 unspecified atom stereocenters. The van der Waals surface area contributed by atoms with Gasteiger partial charge in [-0.2, -0.15) is 5.10 Å². The summed E-state index contributed by atoms with van der Waals surface area (Å²) in [6, 6.07) is 12.5. The monoisotopic (exact) mass is 484 g/mol. The van der Waals surface area contributed by atoms with Gasteiger partial charge in [0.05, 0.1) is 39.1 Å². The number of anilines is 1. The lowest BCUT2D eigenvalue weighted by Crippen LogP contribution is -2.36. The molecule has 1 saturated heterocycles. The van der Waals surface area contributed by atoms with E-state index < -0.39 is 0 Å². The first-order valence-corrected chi connectivity index (χ1v) is 11.8. The molecule has 0 radical (unpaired) electrons. The lowest BCUT2D eigenvalue weighted by molar-refractivity contribution is -0.115. The largest absolute Gasteiger partial charge is 0.339 e. The summed E-state index contributed by atoms with van der Waals surface area (Å²) in [5.74, 6) is -0.237. The highest BCUT2D eigenvalue weighted by molar-refractivity contribution is 6.42. The molecule has 1 aliphatic heterocycles. The Kier molecular flexibility index (Phi) is 7.05. The summed E-state index contributed by atoms with van der Waals surface area (Å²) in [7, 11) is 0. The van der Waals surface area contributed by atoms with Crippen molar-refractivity contribution in [1.29, 1.82) is 0 Å². The molecule has 0 saturated carbocycles. The summed E-state index contributed by atoms with van der Waals surface area (Å²) in [6.45, 7) is 5.30. The lowest BCUT2D eigenvalue weighted by Gasteiger charge is -2.27. The van der Waals surface area contributed by atoms with Gasteiger partial charge in [-0.25, -0.2) is 4.68 Å². The van der Waals surface area contributed by atoms with Gasteiger partial charge in [0.2, 0.25) is 5.91 Å². The van der Waals surface area contributed by atoms with Gasteiger partial charge in [-0.3, -0.25) is 9.59 Å². The van der Waals surface area contributed by atoms with E-state index in [-0.39, 0.29) is 18.2 Å². The van der Waals surface area contributed by atoms with Crippen molar-refractivity contribution in [2.75, 3.05) is 18.4 Å². The normalized spacial score (nSPS) is 13.8. The fourth-order valence-electron chi connectivity index (χ4n) is 4.20. The van der Waals surface area contributed by atoms with E-state index in [0.29, 0.717) is 21.3 Å². The number of nitrogens with zero attached hydrogens (tertiary/aromatic N) is 3. The molecule has 0 aliphatic carbocycles. The van der Waals surface area contributed by atoms with Gasteiger partial charge in [0, 0.05) is 24.3 Å². The zero-order valence-electron chi connectivity index (χ0n) is 18.7. The smallest absolute Gasteiger partial charge is 0.255 e. The van der Waals surface area contributed by atoms with Crippen LogP contribution in [0.4, 0.5) is 5.69 Å². The van der Waals surface area contributed by atoms with Crippen LogP contribution in [0.2, 0.25) is 10.0 Å². The zero-order valence-corrected chi connectivity index (χ0v) is 20.2. The standard InChI is InChI=1S/C25H26Cl2N4O2/c1-16-20(17(2)31(29-16)18-10-11-21(26)22(27)14-18)15-24(32)28-23-9-5-4-8-19(23)25(33)30-12-6-3-7-13-30/h4-5,8-11,14H,3,6-7,12-13,15H2,1-2H3,(H,28,32). The first-order chi connectivity index (χ1) is 15.8. The molecule has 2 aromatic carbocycles. The first-order valence-electron chi connectivity index (χ1n) is 11.0. The van der Waals surface area contributed by atoms with E-state index in [0.717, 1.165) is 55.0 Å².